The second-order valence-electron chi connectivity index (χ2n) is 4.87. The first-order chi connectivity index (χ1) is 8.99. The maximum absolute atomic E-state index is 11.7. The third-order valence-electron chi connectivity index (χ3n) is 3.14. The van der Waals surface area contributed by atoms with Crippen molar-refractivity contribution in [1.82, 2.24) is 4.90 Å². The number of cyclic esters (lactones) is 1. The van der Waals surface area contributed by atoms with Crippen molar-refractivity contribution in [1.29, 1.82) is 0 Å². The van der Waals surface area contributed by atoms with Crippen LogP contribution in [-0.2, 0) is 4.74 Å². The highest BCUT2D eigenvalue weighted by Gasteiger charge is 2.32. The number of fused-ring (bicyclic) bond motifs is 1. The molecule has 0 fully saturated rings. The Labute approximate surface area is 123 Å². The molecule has 0 N–H and O–H groups in total. The molecule has 1 unspecified atom stereocenters. The highest BCUT2D eigenvalue weighted by Crippen LogP contribution is 2.35. The SMILES string of the molecule is CN(C)CCCC1OC(=O)c2cc([N+](=O)[O-])ccc21.Cl. The van der Waals surface area contributed by atoms with Crippen molar-refractivity contribution >= 4 is 24.1 Å². The van der Waals surface area contributed by atoms with Crippen molar-refractivity contribution in [3.8, 4) is 0 Å². The normalized spacial score (nSPS) is 16.6. The Hall–Kier alpha value is -1.66. The number of nitro benzene ring substituents is 1. The van der Waals surface area contributed by atoms with Crippen LogP contribution in [0.2, 0.25) is 0 Å². The smallest absolute Gasteiger partial charge is 0.339 e. The first-order valence-electron chi connectivity index (χ1n) is 6.13. The number of benzene rings is 1. The molecule has 1 atom stereocenters. The lowest BCUT2D eigenvalue weighted by Crippen LogP contribution is -2.14. The van der Waals surface area contributed by atoms with E-state index in [0.29, 0.717) is 5.56 Å². The monoisotopic (exact) mass is 300 g/mol. The van der Waals surface area contributed by atoms with Crippen LogP contribution < -0.4 is 0 Å². The summed E-state index contributed by atoms with van der Waals surface area (Å²) in [6.45, 7) is 0.913. The van der Waals surface area contributed by atoms with Crippen molar-refractivity contribution < 1.29 is 14.5 Å². The predicted molar refractivity (Wildman–Crippen MR) is 76.3 cm³/mol. The molecule has 6 nitrogen and oxygen atoms in total. The number of halogens is 1. The van der Waals surface area contributed by atoms with Gasteiger partial charge < -0.3 is 9.64 Å². The molecule has 0 bridgehead atoms. The summed E-state index contributed by atoms with van der Waals surface area (Å²) < 4.78 is 5.27. The van der Waals surface area contributed by atoms with Gasteiger partial charge in [0.2, 0.25) is 0 Å². The van der Waals surface area contributed by atoms with Gasteiger partial charge in [-0.05, 0) is 39.5 Å². The minimum absolute atomic E-state index is 0. The van der Waals surface area contributed by atoms with E-state index in [1.54, 1.807) is 6.07 Å². The van der Waals surface area contributed by atoms with Crippen LogP contribution in [0.25, 0.3) is 0 Å². The van der Waals surface area contributed by atoms with E-state index in [-0.39, 0.29) is 24.2 Å². The molecule has 1 aromatic rings. The number of hydrogen-bond donors (Lipinski definition) is 0. The van der Waals surface area contributed by atoms with Gasteiger partial charge in [-0.3, -0.25) is 10.1 Å². The van der Waals surface area contributed by atoms with Crippen molar-refractivity contribution in [2.24, 2.45) is 0 Å². The molecular weight excluding hydrogens is 284 g/mol. The Kier molecular flexibility index (Phi) is 5.47. The standard InChI is InChI=1S/C13H16N2O4.ClH/c1-14(2)7-3-4-12-10-6-5-9(15(17)18)8-11(10)13(16)19-12;/h5-6,8,12H,3-4,7H2,1-2H3;1H. The van der Waals surface area contributed by atoms with Crippen LogP contribution in [0.1, 0.15) is 34.9 Å². The van der Waals surface area contributed by atoms with Crippen molar-refractivity contribution in [3.05, 3.63) is 39.4 Å². The molecule has 1 aromatic carbocycles. The summed E-state index contributed by atoms with van der Waals surface area (Å²) in [5.41, 5.74) is 1.00. The minimum Gasteiger partial charge on any atom is -0.454 e. The first-order valence-corrected chi connectivity index (χ1v) is 6.13. The molecular formula is C13H17ClN2O4. The lowest BCUT2D eigenvalue weighted by Gasteiger charge is -2.13. The van der Waals surface area contributed by atoms with Crippen molar-refractivity contribution in [2.45, 2.75) is 18.9 Å². The summed E-state index contributed by atoms with van der Waals surface area (Å²) in [4.78, 5) is 23.9. The lowest BCUT2D eigenvalue weighted by molar-refractivity contribution is -0.384. The summed E-state index contributed by atoms with van der Waals surface area (Å²) in [6.07, 6.45) is 1.36. The number of nitro groups is 1. The zero-order valence-electron chi connectivity index (χ0n) is 11.4. The average molecular weight is 301 g/mol. The van der Waals surface area contributed by atoms with Gasteiger partial charge in [-0.15, -0.1) is 12.4 Å². The van der Waals surface area contributed by atoms with Gasteiger partial charge in [0.05, 0.1) is 10.5 Å². The van der Waals surface area contributed by atoms with Crippen LogP contribution in [0.4, 0.5) is 5.69 Å². The Morgan fingerprint density at radius 2 is 2.10 bits per heavy atom. The van der Waals surface area contributed by atoms with E-state index >= 15 is 0 Å². The molecule has 0 spiro atoms. The Balaban J connectivity index is 0.00000200. The largest absolute Gasteiger partial charge is 0.454 e. The molecule has 1 heterocycles. The van der Waals surface area contributed by atoms with Gasteiger partial charge >= 0.3 is 5.97 Å². The molecule has 0 saturated carbocycles. The molecule has 1 aliphatic rings. The highest BCUT2D eigenvalue weighted by molar-refractivity contribution is 5.94. The van der Waals surface area contributed by atoms with E-state index < -0.39 is 10.9 Å². The number of rotatable bonds is 5. The van der Waals surface area contributed by atoms with Gasteiger partial charge in [-0.1, -0.05) is 0 Å². The maximum Gasteiger partial charge on any atom is 0.339 e. The molecule has 1 aliphatic heterocycles. The number of carbonyl (C=O) groups excluding carboxylic acids is 1. The molecule has 7 heteroatoms. The molecule has 0 saturated heterocycles. The van der Waals surface area contributed by atoms with E-state index in [1.807, 2.05) is 14.1 Å². The van der Waals surface area contributed by atoms with E-state index in [1.165, 1.54) is 12.1 Å². The number of nitrogens with zero attached hydrogens (tertiary/aromatic N) is 2. The Morgan fingerprint density at radius 3 is 2.70 bits per heavy atom. The number of non-ortho nitro benzene ring substituents is 1. The molecule has 0 aromatic heterocycles. The molecule has 110 valence electrons. The van der Waals surface area contributed by atoms with Crippen LogP contribution in [0.5, 0.6) is 0 Å². The Bertz CT molecular complexity index is 519. The molecule has 0 amide bonds. The first kappa shape index (κ1) is 16.4. The van der Waals surface area contributed by atoms with Crippen LogP contribution in [0.3, 0.4) is 0 Å². The minimum atomic E-state index is -0.507. The summed E-state index contributed by atoms with van der Waals surface area (Å²) in [6, 6.07) is 4.34. The van der Waals surface area contributed by atoms with Crippen molar-refractivity contribution in [3.63, 3.8) is 0 Å². The van der Waals surface area contributed by atoms with Gasteiger partial charge in [0.1, 0.15) is 6.10 Å². The summed E-state index contributed by atoms with van der Waals surface area (Å²) in [5, 5.41) is 10.7. The summed E-state index contributed by atoms with van der Waals surface area (Å²) >= 11 is 0. The lowest BCUT2D eigenvalue weighted by atomic mass is 10.0. The third-order valence-corrected chi connectivity index (χ3v) is 3.14. The number of esters is 1. The van der Waals surface area contributed by atoms with Crippen LogP contribution in [-0.4, -0.2) is 36.4 Å². The molecule has 0 aliphatic carbocycles. The van der Waals surface area contributed by atoms with Gasteiger partial charge in [0, 0.05) is 17.7 Å². The predicted octanol–water partition coefficient (Wildman–Crippen LogP) is 2.57. The fourth-order valence-electron chi connectivity index (χ4n) is 2.18. The fourth-order valence-corrected chi connectivity index (χ4v) is 2.18. The summed E-state index contributed by atoms with van der Waals surface area (Å²) in [7, 11) is 3.97. The van der Waals surface area contributed by atoms with Gasteiger partial charge in [-0.25, -0.2) is 4.79 Å². The highest BCUT2D eigenvalue weighted by atomic mass is 35.5. The fraction of sp³-hybridized carbons (Fsp3) is 0.462. The summed E-state index contributed by atoms with van der Waals surface area (Å²) in [5.74, 6) is -0.464. The van der Waals surface area contributed by atoms with E-state index in [0.717, 1.165) is 24.9 Å². The van der Waals surface area contributed by atoms with Crippen molar-refractivity contribution in [2.75, 3.05) is 20.6 Å². The van der Waals surface area contributed by atoms with Gasteiger partial charge in [0.25, 0.3) is 5.69 Å². The van der Waals surface area contributed by atoms with E-state index in [9.17, 15) is 14.9 Å². The van der Waals surface area contributed by atoms with E-state index in [2.05, 4.69) is 4.90 Å². The number of hydrogen-bond acceptors (Lipinski definition) is 5. The average Bonchev–Trinajstić information content (AvgIpc) is 2.66. The topological polar surface area (TPSA) is 72.7 Å². The van der Waals surface area contributed by atoms with Crippen LogP contribution >= 0.6 is 12.4 Å². The van der Waals surface area contributed by atoms with Gasteiger partial charge in [0.15, 0.2) is 0 Å². The molecule has 20 heavy (non-hydrogen) atoms. The molecule has 0 radical (unpaired) electrons. The quantitative estimate of drug-likeness (QED) is 0.475. The number of ether oxygens (including phenoxy) is 1. The second-order valence-corrected chi connectivity index (χ2v) is 4.87. The second kappa shape index (κ2) is 6.67. The molecule has 2 rings (SSSR count). The zero-order chi connectivity index (χ0) is 14.0. The Morgan fingerprint density at radius 1 is 1.40 bits per heavy atom. The maximum atomic E-state index is 11.7. The zero-order valence-corrected chi connectivity index (χ0v) is 12.2. The third kappa shape index (κ3) is 3.46. The number of carbonyl (C=O) groups is 1. The van der Waals surface area contributed by atoms with Gasteiger partial charge in [-0.2, -0.15) is 0 Å². The van der Waals surface area contributed by atoms with Crippen LogP contribution in [0.15, 0.2) is 18.2 Å². The van der Waals surface area contributed by atoms with E-state index in [4.69, 9.17) is 4.74 Å². The van der Waals surface area contributed by atoms with Crippen LogP contribution in [0, 0.1) is 10.1 Å².